The molecule has 2 unspecified atom stereocenters. The zero-order valence-corrected chi connectivity index (χ0v) is 8.74. The molecular weight excluding hydrogens is 204 g/mol. The van der Waals surface area contributed by atoms with Gasteiger partial charge < -0.3 is 9.29 Å². The van der Waals surface area contributed by atoms with Crippen molar-refractivity contribution in [3.05, 3.63) is 29.8 Å². The second kappa shape index (κ2) is 5.09. The van der Waals surface area contributed by atoms with Crippen molar-refractivity contribution in [1.82, 2.24) is 0 Å². The topological polar surface area (TPSA) is 58.6 Å². The summed E-state index contributed by atoms with van der Waals surface area (Å²) in [4.78, 5) is 0. The minimum Gasteiger partial charge on any atom is -0.750 e. The maximum atomic E-state index is 10.3. The van der Waals surface area contributed by atoms with Crippen LogP contribution < -0.4 is 4.74 Å². The standard InChI is InChI=1S/C9H12O4S/c1-7(13-14(10)11)8-3-5-9(12-2)6-4-8/h3-7H,1-2H3,(H,10,11)/p-1. The highest BCUT2D eigenvalue weighted by molar-refractivity contribution is 7.74. The van der Waals surface area contributed by atoms with Gasteiger partial charge in [0.2, 0.25) is 0 Å². The molecule has 0 saturated heterocycles. The van der Waals surface area contributed by atoms with Gasteiger partial charge in [0.25, 0.3) is 0 Å². The van der Waals surface area contributed by atoms with Gasteiger partial charge in [0.1, 0.15) is 5.75 Å². The van der Waals surface area contributed by atoms with E-state index in [-0.39, 0.29) is 0 Å². The molecular formula is C9H11O4S-. The van der Waals surface area contributed by atoms with E-state index in [1.54, 1.807) is 38.3 Å². The lowest BCUT2D eigenvalue weighted by molar-refractivity contribution is 0.223. The first-order valence-corrected chi connectivity index (χ1v) is 5.04. The molecule has 14 heavy (non-hydrogen) atoms. The molecule has 0 heterocycles. The Hall–Kier alpha value is -0.910. The summed E-state index contributed by atoms with van der Waals surface area (Å²) >= 11 is -2.48. The lowest BCUT2D eigenvalue weighted by atomic mass is 10.1. The molecule has 0 spiro atoms. The Bertz CT molecular complexity index is 309. The summed E-state index contributed by atoms with van der Waals surface area (Å²) in [6, 6.07) is 7.03. The van der Waals surface area contributed by atoms with Crippen LogP contribution in [0.2, 0.25) is 0 Å². The van der Waals surface area contributed by atoms with Crippen LogP contribution in [0.5, 0.6) is 5.75 Å². The Morgan fingerprint density at radius 3 is 2.36 bits per heavy atom. The van der Waals surface area contributed by atoms with Crippen LogP contribution in [0.1, 0.15) is 18.6 Å². The van der Waals surface area contributed by atoms with Crippen molar-refractivity contribution in [2.75, 3.05) is 7.11 Å². The van der Waals surface area contributed by atoms with Crippen LogP contribution >= 0.6 is 0 Å². The SMILES string of the molecule is COc1ccc(C(C)OS(=O)[O-])cc1. The van der Waals surface area contributed by atoms with Gasteiger partial charge in [-0.25, -0.2) is 4.21 Å². The molecule has 1 aromatic rings. The van der Waals surface area contributed by atoms with E-state index in [2.05, 4.69) is 4.18 Å². The Labute approximate surface area is 85.3 Å². The summed E-state index contributed by atoms with van der Waals surface area (Å²) in [7, 11) is 1.57. The second-order valence-corrected chi connectivity index (χ2v) is 3.32. The average Bonchev–Trinajstić information content (AvgIpc) is 2.17. The fourth-order valence-corrected chi connectivity index (χ4v) is 1.40. The van der Waals surface area contributed by atoms with Gasteiger partial charge in [-0.2, -0.15) is 0 Å². The Kier molecular flexibility index (Phi) is 4.06. The van der Waals surface area contributed by atoms with Crippen molar-refractivity contribution in [2.24, 2.45) is 0 Å². The van der Waals surface area contributed by atoms with E-state index < -0.39 is 17.5 Å². The molecule has 0 aliphatic rings. The van der Waals surface area contributed by atoms with Gasteiger partial charge in [-0.15, -0.1) is 0 Å². The highest BCUT2D eigenvalue weighted by atomic mass is 32.2. The monoisotopic (exact) mass is 215 g/mol. The smallest absolute Gasteiger partial charge is 0.118 e. The third-order valence-corrected chi connectivity index (χ3v) is 2.25. The molecule has 4 nitrogen and oxygen atoms in total. The van der Waals surface area contributed by atoms with Crippen LogP contribution in [0.4, 0.5) is 0 Å². The molecule has 0 saturated carbocycles. The number of hydrogen-bond donors (Lipinski definition) is 0. The molecule has 5 heteroatoms. The summed E-state index contributed by atoms with van der Waals surface area (Å²) < 4.78 is 30.1. The van der Waals surface area contributed by atoms with Crippen molar-refractivity contribution in [3.8, 4) is 5.75 Å². The Balaban J connectivity index is 2.71. The zero-order chi connectivity index (χ0) is 10.6. The van der Waals surface area contributed by atoms with Crippen LogP contribution in [0, 0.1) is 0 Å². The normalized spacial score (nSPS) is 14.8. The summed E-state index contributed by atoms with van der Waals surface area (Å²) in [5.41, 5.74) is 0.787. The first kappa shape index (κ1) is 11.2. The molecule has 0 aliphatic carbocycles. The quantitative estimate of drug-likeness (QED) is 0.715. The number of ether oxygens (including phenoxy) is 1. The molecule has 1 rings (SSSR count). The summed E-state index contributed by atoms with van der Waals surface area (Å²) in [5.74, 6) is 0.726. The molecule has 0 aliphatic heterocycles. The van der Waals surface area contributed by atoms with Crippen LogP contribution in [-0.4, -0.2) is 15.9 Å². The summed E-state index contributed by atoms with van der Waals surface area (Å²) in [6.07, 6.45) is -0.473. The third-order valence-electron chi connectivity index (χ3n) is 1.81. The third kappa shape index (κ3) is 3.10. The van der Waals surface area contributed by atoms with Crippen molar-refractivity contribution in [1.29, 1.82) is 0 Å². The van der Waals surface area contributed by atoms with Crippen molar-refractivity contribution in [2.45, 2.75) is 13.0 Å². The van der Waals surface area contributed by atoms with Gasteiger partial charge in [0.15, 0.2) is 0 Å². The molecule has 2 atom stereocenters. The van der Waals surface area contributed by atoms with Gasteiger partial charge in [-0.05, 0) is 24.6 Å². The van der Waals surface area contributed by atoms with Gasteiger partial charge in [-0.3, -0.25) is 4.18 Å². The Morgan fingerprint density at radius 1 is 1.36 bits per heavy atom. The molecule has 78 valence electrons. The van der Waals surface area contributed by atoms with Gasteiger partial charge in [-0.1, -0.05) is 12.1 Å². The fourth-order valence-electron chi connectivity index (χ4n) is 1.05. The lowest BCUT2D eigenvalue weighted by Gasteiger charge is -2.14. The molecule has 0 bridgehead atoms. The van der Waals surface area contributed by atoms with Crippen LogP contribution in [-0.2, 0) is 15.5 Å². The second-order valence-electron chi connectivity index (χ2n) is 2.72. The van der Waals surface area contributed by atoms with E-state index in [9.17, 15) is 8.76 Å². The molecule has 0 radical (unpaired) electrons. The highest BCUT2D eigenvalue weighted by Crippen LogP contribution is 2.20. The number of methoxy groups -OCH3 is 1. The largest absolute Gasteiger partial charge is 0.750 e. The maximum Gasteiger partial charge on any atom is 0.118 e. The fraction of sp³-hybridized carbons (Fsp3) is 0.333. The predicted molar refractivity (Wildman–Crippen MR) is 51.4 cm³/mol. The van der Waals surface area contributed by atoms with Gasteiger partial charge in [0.05, 0.1) is 24.6 Å². The van der Waals surface area contributed by atoms with Crippen molar-refractivity contribution in [3.63, 3.8) is 0 Å². The summed E-state index contributed by atoms with van der Waals surface area (Å²) in [6.45, 7) is 1.66. The molecule has 0 amide bonds. The van der Waals surface area contributed by atoms with Crippen LogP contribution in [0.25, 0.3) is 0 Å². The Morgan fingerprint density at radius 2 is 1.93 bits per heavy atom. The predicted octanol–water partition coefficient (Wildman–Crippen LogP) is 1.57. The number of benzene rings is 1. The molecule has 0 fully saturated rings. The molecule has 0 aromatic heterocycles. The van der Waals surface area contributed by atoms with Crippen molar-refractivity contribution < 1.29 is 17.7 Å². The van der Waals surface area contributed by atoms with E-state index in [1.165, 1.54) is 0 Å². The van der Waals surface area contributed by atoms with E-state index >= 15 is 0 Å². The van der Waals surface area contributed by atoms with Crippen molar-refractivity contribution >= 4 is 11.4 Å². The first-order valence-electron chi connectivity index (χ1n) is 4.04. The highest BCUT2D eigenvalue weighted by Gasteiger charge is 2.05. The van der Waals surface area contributed by atoms with Gasteiger partial charge in [0, 0.05) is 0 Å². The maximum absolute atomic E-state index is 10.3. The van der Waals surface area contributed by atoms with Crippen LogP contribution in [0.3, 0.4) is 0 Å². The average molecular weight is 215 g/mol. The lowest BCUT2D eigenvalue weighted by Crippen LogP contribution is -2.02. The van der Waals surface area contributed by atoms with E-state index in [0.717, 1.165) is 11.3 Å². The molecule has 1 aromatic carbocycles. The first-order chi connectivity index (χ1) is 6.63. The van der Waals surface area contributed by atoms with E-state index in [4.69, 9.17) is 4.74 Å². The van der Waals surface area contributed by atoms with E-state index in [1.807, 2.05) is 0 Å². The van der Waals surface area contributed by atoms with E-state index in [0.29, 0.717) is 0 Å². The minimum absolute atomic E-state index is 0.473. The minimum atomic E-state index is -2.48. The summed E-state index contributed by atoms with van der Waals surface area (Å²) in [5, 5.41) is 0. The van der Waals surface area contributed by atoms with Crippen LogP contribution in [0.15, 0.2) is 24.3 Å². The zero-order valence-electron chi connectivity index (χ0n) is 7.93. The number of rotatable bonds is 4. The van der Waals surface area contributed by atoms with Gasteiger partial charge >= 0.3 is 0 Å². The number of hydrogen-bond acceptors (Lipinski definition) is 4. The molecule has 0 N–H and O–H groups in total.